The van der Waals surface area contributed by atoms with Crippen LogP contribution in [0.1, 0.15) is 18.9 Å². The number of rotatable bonds is 6. The minimum absolute atomic E-state index is 0.178. The van der Waals surface area contributed by atoms with Gasteiger partial charge in [0, 0.05) is 11.6 Å². The SMILES string of the molecule is CCC(CO)(CO)NCc1cc(F)cc(Cl)c1. The van der Waals surface area contributed by atoms with Crippen molar-refractivity contribution in [2.75, 3.05) is 13.2 Å². The highest BCUT2D eigenvalue weighted by Gasteiger charge is 2.25. The number of nitrogens with one attached hydrogen (secondary N) is 1. The minimum atomic E-state index is -0.737. The summed E-state index contributed by atoms with van der Waals surface area (Å²) in [5.74, 6) is -0.399. The van der Waals surface area contributed by atoms with E-state index < -0.39 is 11.4 Å². The maximum Gasteiger partial charge on any atom is 0.125 e. The second-order valence-corrected chi connectivity index (χ2v) is 4.52. The monoisotopic (exact) mass is 261 g/mol. The lowest BCUT2D eigenvalue weighted by Gasteiger charge is -2.30. The van der Waals surface area contributed by atoms with Crippen LogP contribution < -0.4 is 5.32 Å². The Kier molecular flexibility index (Phi) is 5.33. The van der Waals surface area contributed by atoms with Gasteiger partial charge >= 0.3 is 0 Å². The summed E-state index contributed by atoms with van der Waals surface area (Å²) in [5.41, 5.74) is -0.0616. The first-order valence-corrected chi connectivity index (χ1v) is 5.85. The maximum atomic E-state index is 13.1. The van der Waals surface area contributed by atoms with Gasteiger partial charge in [-0.3, -0.25) is 0 Å². The average molecular weight is 262 g/mol. The molecule has 0 amide bonds. The van der Waals surface area contributed by atoms with Crippen LogP contribution in [0, 0.1) is 5.82 Å². The largest absolute Gasteiger partial charge is 0.394 e. The van der Waals surface area contributed by atoms with Crippen LogP contribution in [0.4, 0.5) is 4.39 Å². The van der Waals surface area contributed by atoms with Gasteiger partial charge in [-0.05, 0) is 30.2 Å². The van der Waals surface area contributed by atoms with Crippen molar-refractivity contribution in [3.05, 3.63) is 34.6 Å². The van der Waals surface area contributed by atoms with Gasteiger partial charge in [0.05, 0.1) is 18.8 Å². The Morgan fingerprint density at radius 3 is 2.41 bits per heavy atom. The maximum absolute atomic E-state index is 13.1. The molecule has 3 N–H and O–H groups in total. The number of aliphatic hydroxyl groups excluding tert-OH is 2. The lowest BCUT2D eigenvalue weighted by molar-refractivity contribution is 0.0864. The van der Waals surface area contributed by atoms with E-state index in [1.807, 2.05) is 6.92 Å². The molecule has 0 aliphatic rings. The molecule has 0 radical (unpaired) electrons. The molecule has 3 nitrogen and oxygen atoms in total. The van der Waals surface area contributed by atoms with Crippen LogP contribution >= 0.6 is 11.6 Å². The topological polar surface area (TPSA) is 52.5 Å². The highest BCUT2D eigenvalue weighted by molar-refractivity contribution is 6.30. The highest BCUT2D eigenvalue weighted by Crippen LogP contribution is 2.16. The molecule has 0 aliphatic heterocycles. The first-order valence-electron chi connectivity index (χ1n) is 5.47. The molecule has 0 spiro atoms. The molecule has 0 saturated heterocycles. The van der Waals surface area contributed by atoms with Gasteiger partial charge in [0.15, 0.2) is 0 Å². The first kappa shape index (κ1) is 14.4. The second kappa shape index (κ2) is 6.31. The lowest BCUT2D eigenvalue weighted by Crippen LogP contribution is -2.50. The Balaban J connectivity index is 2.71. The molecule has 0 unspecified atom stereocenters. The van der Waals surface area contributed by atoms with Gasteiger partial charge in [-0.15, -0.1) is 0 Å². The van der Waals surface area contributed by atoms with E-state index in [0.717, 1.165) is 0 Å². The number of hydrogen-bond acceptors (Lipinski definition) is 3. The summed E-state index contributed by atoms with van der Waals surface area (Å²) in [7, 11) is 0. The third-order valence-electron chi connectivity index (χ3n) is 2.87. The predicted molar refractivity (Wildman–Crippen MR) is 65.4 cm³/mol. The molecule has 1 aromatic rings. The number of hydrogen-bond donors (Lipinski definition) is 3. The molecule has 5 heteroatoms. The van der Waals surface area contributed by atoms with Gasteiger partial charge in [0.1, 0.15) is 5.82 Å². The summed E-state index contributed by atoms with van der Waals surface area (Å²) < 4.78 is 13.1. The van der Waals surface area contributed by atoms with E-state index >= 15 is 0 Å². The molecule has 0 aliphatic carbocycles. The van der Waals surface area contributed by atoms with E-state index in [1.54, 1.807) is 6.07 Å². The number of halogens is 2. The summed E-state index contributed by atoms with van der Waals surface area (Å²) in [6.07, 6.45) is 0.572. The Morgan fingerprint density at radius 2 is 1.94 bits per heavy atom. The molecule has 1 rings (SSSR count). The van der Waals surface area contributed by atoms with Crippen molar-refractivity contribution in [2.45, 2.75) is 25.4 Å². The molecule has 0 atom stereocenters. The van der Waals surface area contributed by atoms with E-state index in [2.05, 4.69) is 5.32 Å². The molecule has 0 bridgehead atoms. The van der Waals surface area contributed by atoms with Crippen molar-refractivity contribution >= 4 is 11.6 Å². The van der Waals surface area contributed by atoms with E-state index in [-0.39, 0.29) is 13.2 Å². The van der Waals surface area contributed by atoms with Crippen LogP contribution in [-0.4, -0.2) is 29.0 Å². The van der Waals surface area contributed by atoms with Crippen molar-refractivity contribution in [3.63, 3.8) is 0 Å². The Hall–Kier alpha value is -0.680. The Labute approximate surface area is 105 Å². The van der Waals surface area contributed by atoms with E-state index in [4.69, 9.17) is 11.6 Å². The molecule has 0 aromatic heterocycles. The highest BCUT2D eigenvalue weighted by atomic mass is 35.5. The lowest BCUT2D eigenvalue weighted by atomic mass is 9.98. The summed E-state index contributed by atoms with van der Waals surface area (Å²) in [6.45, 7) is 1.84. The van der Waals surface area contributed by atoms with Crippen molar-refractivity contribution in [2.24, 2.45) is 0 Å². The smallest absolute Gasteiger partial charge is 0.125 e. The summed E-state index contributed by atoms with van der Waals surface area (Å²) in [5, 5.41) is 21.8. The van der Waals surface area contributed by atoms with Gasteiger partial charge in [0.25, 0.3) is 0 Å². The molecule has 0 fully saturated rings. The summed E-state index contributed by atoms with van der Waals surface area (Å²) in [4.78, 5) is 0. The van der Waals surface area contributed by atoms with Gasteiger partial charge in [-0.2, -0.15) is 0 Å². The molecule has 0 heterocycles. The molecule has 1 aromatic carbocycles. The zero-order valence-electron chi connectivity index (χ0n) is 9.71. The summed E-state index contributed by atoms with van der Waals surface area (Å²) in [6, 6.07) is 4.25. The predicted octanol–water partition coefficient (Wildman–Crippen LogP) is 1.70. The fourth-order valence-corrected chi connectivity index (χ4v) is 1.76. The number of benzene rings is 1. The zero-order valence-corrected chi connectivity index (χ0v) is 10.5. The van der Waals surface area contributed by atoms with Crippen molar-refractivity contribution < 1.29 is 14.6 Å². The third kappa shape index (κ3) is 3.92. The first-order chi connectivity index (χ1) is 8.05. The number of aliphatic hydroxyl groups is 2. The van der Waals surface area contributed by atoms with Crippen molar-refractivity contribution in [1.82, 2.24) is 5.32 Å². The quantitative estimate of drug-likeness (QED) is 0.731. The van der Waals surface area contributed by atoms with Crippen molar-refractivity contribution in [3.8, 4) is 0 Å². The van der Waals surface area contributed by atoms with Crippen molar-refractivity contribution in [1.29, 1.82) is 0 Å². The molecule has 96 valence electrons. The van der Waals surface area contributed by atoms with Crippen LogP contribution in [0.3, 0.4) is 0 Å². The van der Waals surface area contributed by atoms with Gasteiger partial charge in [-0.25, -0.2) is 4.39 Å². The fourth-order valence-electron chi connectivity index (χ4n) is 1.51. The molecule has 17 heavy (non-hydrogen) atoms. The van der Waals surface area contributed by atoms with Crippen LogP contribution in [0.15, 0.2) is 18.2 Å². The van der Waals surface area contributed by atoms with Crippen LogP contribution in [0.5, 0.6) is 0 Å². The molecular weight excluding hydrogens is 245 g/mol. The Morgan fingerprint density at radius 1 is 1.29 bits per heavy atom. The van der Waals surface area contributed by atoms with E-state index in [9.17, 15) is 14.6 Å². The Bertz CT molecular complexity index is 341. The average Bonchev–Trinajstić information content (AvgIpc) is 2.30. The normalized spacial score (nSPS) is 11.8. The standard InChI is InChI=1S/C12H17ClFNO2/c1-2-12(7-16,8-17)15-6-9-3-10(13)5-11(14)4-9/h3-5,15-17H,2,6-8H2,1H3. The molecule has 0 saturated carbocycles. The van der Waals surface area contributed by atoms with Gasteiger partial charge in [0.2, 0.25) is 0 Å². The zero-order chi connectivity index (χ0) is 12.9. The van der Waals surface area contributed by atoms with Crippen LogP contribution in [0.25, 0.3) is 0 Å². The minimum Gasteiger partial charge on any atom is -0.394 e. The summed E-state index contributed by atoms with van der Waals surface area (Å²) >= 11 is 5.74. The van der Waals surface area contributed by atoms with Crippen LogP contribution in [-0.2, 0) is 6.54 Å². The van der Waals surface area contributed by atoms with E-state index in [0.29, 0.717) is 23.6 Å². The second-order valence-electron chi connectivity index (χ2n) is 4.08. The van der Waals surface area contributed by atoms with Gasteiger partial charge < -0.3 is 15.5 Å². The van der Waals surface area contributed by atoms with Gasteiger partial charge in [-0.1, -0.05) is 18.5 Å². The fraction of sp³-hybridized carbons (Fsp3) is 0.500. The molecular formula is C12H17ClFNO2. The van der Waals surface area contributed by atoms with E-state index in [1.165, 1.54) is 12.1 Å². The third-order valence-corrected chi connectivity index (χ3v) is 3.09. The van der Waals surface area contributed by atoms with Crippen LogP contribution in [0.2, 0.25) is 5.02 Å².